The summed E-state index contributed by atoms with van der Waals surface area (Å²) in [5, 5.41) is 4.29. The van der Waals surface area contributed by atoms with E-state index < -0.39 is 0 Å². The van der Waals surface area contributed by atoms with Gasteiger partial charge in [0.25, 0.3) is 0 Å². The van der Waals surface area contributed by atoms with Crippen molar-refractivity contribution in [2.45, 2.75) is 26.3 Å². The molecule has 0 heterocycles. The van der Waals surface area contributed by atoms with Gasteiger partial charge in [0.2, 0.25) is 0 Å². The van der Waals surface area contributed by atoms with E-state index in [1.807, 2.05) is 6.92 Å². The fraction of sp³-hybridized carbons (Fsp3) is 0.417. The second-order valence-electron chi connectivity index (χ2n) is 3.68. The number of hydrogen-bond acceptors (Lipinski definition) is 3. The van der Waals surface area contributed by atoms with Crippen LogP contribution in [-0.2, 0) is 9.53 Å². The van der Waals surface area contributed by atoms with Gasteiger partial charge in [-0.1, -0.05) is 23.2 Å². The van der Waals surface area contributed by atoms with Crippen molar-refractivity contribution < 1.29 is 9.53 Å². The zero-order valence-electron chi connectivity index (χ0n) is 9.80. The number of anilines is 1. The average Bonchev–Trinajstić information content (AvgIpc) is 2.23. The zero-order valence-corrected chi connectivity index (χ0v) is 11.3. The lowest BCUT2D eigenvalue weighted by Gasteiger charge is -2.15. The maximum Gasteiger partial charge on any atom is 0.307 e. The van der Waals surface area contributed by atoms with E-state index in [4.69, 9.17) is 27.9 Å². The minimum Gasteiger partial charge on any atom is -0.466 e. The molecule has 3 nitrogen and oxygen atoms in total. The molecule has 0 bridgehead atoms. The van der Waals surface area contributed by atoms with Crippen LogP contribution in [-0.4, -0.2) is 18.6 Å². The molecule has 0 aromatic heterocycles. The Morgan fingerprint density at radius 2 is 2.18 bits per heavy atom. The standard InChI is InChI=1S/C12H15Cl2NO2/c1-3-17-12(16)6-8(2)15-11-7-9(13)4-5-10(11)14/h4-5,7-8,15H,3,6H2,1-2H3. The van der Waals surface area contributed by atoms with Crippen LogP contribution in [0.25, 0.3) is 0 Å². The van der Waals surface area contributed by atoms with Crippen LogP contribution in [0.3, 0.4) is 0 Å². The Hall–Kier alpha value is -0.930. The number of carbonyl (C=O) groups excluding carboxylic acids is 1. The molecule has 0 aliphatic carbocycles. The molecule has 0 aliphatic heterocycles. The second kappa shape index (κ2) is 6.72. The fourth-order valence-corrected chi connectivity index (χ4v) is 1.74. The highest BCUT2D eigenvalue weighted by molar-refractivity contribution is 6.35. The smallest absolute Gasteiger partial charge is 0.307 e. The highest BCUT2D eigenvalue weighted by Gasteiger charge is 2.11. The van der Waals surface area contributed by atoms with Gasteiger partial charge in [0, 0.05) is 11.1 Å². The monoisotopic (exact) mass is 275 g/mol. The van der Waals surface area contributed by atoms with Crippen molar-refractivity contribution in [3.8, 4) is 0 Å². The summed E-state index contributed by atoms with van der Waals surface area (Å²) in [6.45, 7) is 4.06. The van der Waals surface area contributed by atoms with Crippen LogP contribution < -0.4 is 5.32 Å². The lowest BCUT2D eigenvalue weighted by atomic mass is 10.2. The van der Waals surface area contributed by atoms with E-state index >= 15 is 0 Å². The number of benzene rings is 1. The van der Waals surface area contributed by atoms with Gasteiger partial charge in [-0.25, -0.2) is 0 Å². The Kier molecular flexibility index (Phi) is 5.59. The van der Waals surface area contributed by atoms with Gasteiger partial charge in [0.15, 0.2) is 0 Å². The molecule has 0 saturated carbocycles. The summed E-state index contributed by atoms with van der Waals surface area (Å²) in [6, 6.07) is 5.09. The number of hydrogen-bond donors (Lipinski definition) is 1. The Labute approximate surface area is 111 Å². The van der Waals surface area contributed by atoms with Gasteiger partial charge in [0.1, 0.15) is 0 Å². The number of carbonyl (C=O) groups is 1. The Bertz CT molecular complexity index is 396. The normalized spacial score (nSPS) is 12.0. The van der Waals surface area contributed by atoms with Gasteiger partial charge in [-0.15, -0.1) is 0 Å². The van der Waals surface area contributed by atoms with Gasteiger partial charge >= 0.3 is 5.97 Å². The van der Waals surface area contributed by atoms with E-state index in [-0.39, 0.29) is 18.4 Å². The van der Waals surface area contributed by atoms with Gasteiger partial charge < -0.3 is 10.1 Å². The maximum absolute atomic E-state index is 11.3. The molecule has 1 rings (SSSR count). The quantitative estimate of drug-likeness (QED) is 0.832. The molecule has 0 amide bonds. The first-order chi connectivity index (χ1) is 8.02. The van der Waals surface area contributed by atoms with Gasteiger partial charge in [-0.05, 0) is 32.0 Å². The molecule has 94 valence electrons. The van der Waals surface area contributed by atoms with E-state index in [2.05, 4.69) is 5.32 Å². The first-order valence-electron chi connectivity index (χ1n) is 5.40. The van der Waals surface area contributed by atoms with E-state index in [0.717, 1.165) is 5.69 Å². The van der Waals surface area contributed by atoms with Crippen LogP contribution in [0.2, 0.25) is 10.0 Å². The predicted octanol–water partition coefficient (Wildman–Crippen LogP) is 3.75. The molecular weight excluding hydrogens is 261 g/mol. The molecule has 1 N–H and O–H groups in total. The summed E-state index contributed by atoms with van der Waals surface area (Å²) in [5.41, 5.74) is 0.718. The zero-order chi connectivity index (χ0) is 12.8. The van der Waals surface area contributed by atoms with Crippen molar-refractivity contribution in [1.29, 1.82) is 0 Å². The lowest BCUT2D eigenvalue weighted by Crippen LogP contribution is -2.21. The van der Waals surface area contributed by atoms with Crippen molar-refractivity contribution in [3.63, 3.8) is 0 Å². The number of ether oxygens (including phenoxy) is 1. The maximum atomic E-state index is 11.3. The van der Waals surface area contributed by atoms with E-state index in [0.29, 0.717) is 16.7 Å². The van der Waals surface area contributed by atoms with Crippen LogP contribution in [0.4, 0.5) is 5.69 Å². The highest BCUT2D eigenvalue weighted by atomic mass is 35.5. The SMILES string of the molecule is CCOC(=O)CC(C)Nc1cc(Cl)ccc1Cl. The first kappa shape index (κ1) is 14.1. The molecule has 0 aliphatic rings. The van der Waals surface area contributed by atoms with Crippen LogP contribution in [0.5, 0.6) is 0 Å². The summed E-state index contributed by atoms with van der Waals surface area (Å²) in [6.07, 6.45) is 0.288. The molecular formula is C12H15Cl2NO2. The molecule has 0 saturated heterocycles. The van der Waals surface area contributed by atoms with Crippen molar-refractivity contribution in [2.75, 3.05) is 11.9 Å². The summed E-state index contributed by atoms with van der Waals surface area (Å²) >= 11 is 11.9. The fourth-order valence-electron chi connectivity index (χ4n) is 1.39. The van der Waals surface area contributed by atoms with Crippen molar-refractivity contribution in [2.24, 2.45) is 0 Å². The number of esters is 1. The molecule has 1 aromatic rings. The van der Waals surface area contributed by atoms with E-state index in [9.17, 15) is 4.79 Å². The van der Waals surface area contributed by atoms with Crippen LogP contribution in [0, 0.1) is 0 Å². The molecule has 1 unspecified atom stereocenters. The molecule has 1 aromatic carbocycles. The number of halogens is 2. The van der Waals surface area contributed by atoms with Crippen LogP contribution >= 0.6 is 23.2 Å². The Morgan fingerprint density at radius 1 is 1.47 bits per heavy atom. The molecule has 0 spiro atoms. The minimum absolute atomic E-state index is 0.0648. The van der Waals surface area contributed by atoms with Gasteiger partial charge in [-0.2, -0.15) is 0 Å². The van der Waals surface area contributed by atoms with Crippen molar-refractivity contribution in [3.05, 3.63) is 28.2 Å². The molecule has 0 radical (unpaired) electrons. The van der Waals surface area contributed by atoms with Crippen molar-refractivity contribution >= 4 is 34.9 Å². The third-order valence-corrected chi connectivity index (χ3v) is 2.67. The molecule has 17 heavy (non-hydrogen) atoms. The molecule has 1 atom stereocenters. The summed E-state index contributed by atoms with van der Waals surface area (Å²) in [7, 11) is 0. The summed E-state index contributed by atoms with van der Waals surface area (Å²) < 4.78 is 4.87. The van der Waals surface area contributed by atoms with Crippen LogP contribution in [0.15, 0.2) is 18.2 Å². The minimum atomic E-state index is -0.231. The van der Waals surface area contributed by atoms with Gasteiger partial charge in [0.05, 0.1) is 23.7 Å². The first-order valence-corrected chi connectivity index (χ1v) is 6.15. The average molecular weight is 276 g/mol. The summed E-state index contributed by atoms with van der Waals surface area (Å²) in [4.78, 5) is 11.3. The predicted molar refractivity (Wildman–Crippen MR) is 70.8 cm³/mol. The summed E-state index contributed by atoms with van der Waals surface area (Å²) in [5.74, 6) is -0.231. The Balaban J connectivity index is 2.58. The third-order valence-electron chi connectivity index (χ3n) is 2.11. The van der Waals surface area contributed by atoms with E-state index in [1.54, 1.807) is 25.1 Å². The Morgan fingerprint density at radius 3 is 2.82 bits per heavy atom. The van der Waals surface area contributed by atoms with Crippen LogP contribution in [0.1, 0.15) is 20.3 Å². The second-order valence-corrected chi connectivity index (χ2v) is 4.52. The molecule has 0 fully saturated rings. The van der Waals surface area contributed by atoms with Crippen molar-refractivity contribution in [1.82, 2.24) is 0 Å². The van der Waals surface area contributed by atoms with E-state index in [1.165, 1.54) is 0 Å². The highest BCUT2D eigenvalue weighted by Crippen LogP contribution is 2.26. The molecule has 5 heteroatoms. The topological polar surface area (TPSA) is 38.3 Å². The number of rotatable bonds is 5. The largest absolute Gasteiger partial charge is 0.466 e. The third kappa shape index (κ3) is 4.84. The van der Waals surface area contributed by atoms with Gasteiger partial charge in [-0.3, -0.25) is 4.79 Å². The lowest BCUT2D eigenvalue weighted by molar-refractivity contribution is -0.143. The number of nitrogens with one attached hydrogen (secondary N) is 1.